The second kappa shape index (κ2) is 4.45. The van der Waals surface area contributed by atoms with Crippen LogP contribution in [0.15, 0.2) is 0 Å². The SMILES string of the molecule is CCCc1nc(C)c2c(C=O)c(Cl)n(C)c2n1. The second-order valence-electron chi connectivity index (χ2n) is 4.06. The highest BCUT2D eigenvalue weighted by molar-refractivity contribution is 6.34. The molecule has 0 saturated carbocycles. The molecule has 2 aromatic rings. The van der Waals surface area contributed by atoms with E-state index in [-0.39, 0.29) is 0 Å². The van der Waals surface area contributed by atoms with E-state index in [2.05, 4.69) is 16.9 Å². The molecular formula is C12H14ClN3O. The zero-order valence-electron chi connectivity index (χ0n) is 10.1. The molecule has 0 N–H and O–H groups in total. The molecule has 2 heterocycles. The molecule has 0 aliphatic heterocycles. The number of carbonyl (C=O) groups is 1. The van der Waals surface area contributed by atoms with Crippen LogP contribution in [-0.4, -0.2) is 20.8 Å². The topological polar surface area (TPSA) is 47.8 Å². The predicted octanol–water partition coefficient (Wildman–Crippen LogP) is 2.70. The maximum atomic E-state index is 11.1. The molecule has 5 heteroatoms. The summed E-state index contributed by atoms with van der Waals surface area (Å²) in [6, 6.07) is 0. The van der Waals surface area contributed by atoms with Crippen molar-refractivity contribution in [3.63, 3.8) is 0 Å². The van der Waals surface area contributed by atoms with Crippen molar-refractivity contribution < 1.29 is 4.79 Å². The first-order chi connectivity index (χ1) is 8.10. The fourth-order valence-corrected chi connectivity index (χ4v) is 2.21. The Balaban J connectivity index is 2.81. The molecule has 0 bridgehead atoms. The van der Waals surface area contributed by atoms with Crippen molar-refractivity contribution in [1.29, 1.82) is 0 Å². The van der Waals surface area contributed by atoms with Gasteiger partial charge < -0.3 is 4.57 Å². The van der Waals surface area contributed by atoms with Gasteiger partial charge in [0.25, 0.3) is 0 Å². The highest BCUT2D eigenvalue weighted by Crippen LogP contribution is 2.28. The minimum atomic E-state index is 0.418. The molecule has 4 nitrogen and oxygen atoms in total. The summed E-state index contributed by atoms with van der Waals surface area (Å²) in [7, 11) is 1.81. The fourth-order valence-electron chi connectivity index (χ4n) is 1.99. The quantitative estimate of drug-likeness (QED) is 0.788. The average molecular weight is 252 g/mol. The summed E-state index contributed by atoms with van der Waals surface area (Å²) in [5.41, 5.74) is 2.01. The number of nitrogens with zero attached hydrogens (tertiary/aromatic N) is 3. The van der Waals surface area contributed by atoms with Gasteiger partial charge in [0.15, 0.2) is 6.29 Å². The van der Waals surface area contributed by atoms with E-state index < -0.39 is 0 Å². The van der Waals surface area contributed by atoms with Crippen LogP contribution < -0.4 is 0 Å². The van der Waals surface area contributed by atoms with E-state index in [0.29, 0.717) is 10.7 Å². The van der Waals surface area contributed by atoms with Gasteiger partial charge in [0, 0.05) is 13.5 Å². The number of rotatable bonds is 3. The molecule has 90 valence electrons. The van der Waals surface area contributed by atoms with Crippen molar-refractivity contribution in [2.24, 2.45) is 7.05 Å². The van der Waals surface area contributed by atoms with Crippen molar-refractivity contribution in [3.05, 3.63) is 22.2 Å². The molecule has 0 radical (unpaired) electrons. The minimum Gasteiger partial charge on any atom is -0.319 e. The lowest BCUT2D eigenvalue weighted by molar-refractivity contribution is 0.112. The van der Waals surface area contributed by atoms with Crippen molar-refractivity contribution in [1.82, 2.24) is 14.5 Å². The number of hydrogen-bond acceptors (Lipinski definition) is 3. The van der Waals surface area contributed by atoms with E-state index in [4.69, 9.17) is 11.6 Å². The van der Waals surface area contributed by atoms with Gasteiger partial charge >= 0.3 is 0 Å². The maximum absolute atomic E-state index is 11.1. The van der Waals surface area contributed by atoms with Crippen LogP contribution in [-0.2, 0) is 13.5 Å². The third-order valence-electron chi connectivity index (χ3n) is 2.81. The number of aldehydes is 1. The Morgan fingerprint density at radius 3 is 2.71 bits per heavy atom. The Labute approximate surface area is 105 Å². The lowest BCUT2D eigenvalue weighted by Gasteiger charge is -2.02. The van der Waals surface area contributed by atoms with Crippen molar-refractivity contribution >= 4 is 28.9 Å². The van der Waals surface area contributed by atoms with Gasteiger partial charge in [-0.2, -0.15) is 0 Å². The van der Waals surface area contributed by atoms with Crippen molar-refractivity contribution in [2.45, 2.75) is 26.7 Å². The highest BCUT2D eigenvalue weighted by atomic mass is 35.5. The molecule has 0 atom stereocenters. The van der Waals surface area contributed by atoms with Gasteiger partial charge in [-0.05, 0) is 13.3 Å². The Bertz CT molecular complexity index is 589. The van der Waals surface area contributed by atoms with Crippen LogP contribution in [0.25, 0.3) is 11.0 Å². The third kappa shape index (κ3) is 1.82. The molecule has 2 rings (SSSR count). The number of carbonyl (C=O) groups excluding carboxylic acids is 1. The molecule has 2 aromatic heterocycles. The van der Waals surface area contributed by atoms with E-state index >= 15 is 0 Å². The highest BCUT2D eigenvalue weighted by Gasteiger charge is 2.17. The van der Waals surface area contributed by atoms with Crippen LogP contribution in [0.3, 0.4) is 0 Å². The molecule has 0 aliphatic carbocycles. The van der Waals surface area contributed by atoms with E-state index in [1.54, 1.807) is 11.6 Å². The van der Waals surface area contributed by atoms with Crippen molar-refractivity contribution in [2.75, 3.05) is 0 Å². The van der Waals surface area contributed by atoms with Crippen molar-refractivity contribution in [3.8, 4) is 0 Å². The van der Waals surface area contributed by atoms with Crippen LogP contribution in [0.5, 0.6) is 0 Å². The van der Waals surface area contributed by atoms with Crippen LogP contribution in [0.4, 0.5) is 0 Å². The Hall–Kier alpha value is -1.42. The van der Waals surface area contributed by atoms with E-state index in [1.165, 1.54) is 0 Å². The number of halogens is 1. The second-order valence-corrected chi connectivity index (χ2v) is 4.41. The van der Waals surface area contributed by atoms with Crippen LogP contribution >= 0.6 is 11.6 Å². The molecule has 0 fully saturated rings. The third-order valence-corrected chi connectivity index (χ3v) is 3.27. The molecule has 0 aromatic carbocycles. The Kier molecular flexibility index (Phi) is 3.15. The first-order valence-electron chi connectivity index (χ1n) is 5.56. The monoisotopic (exact) mass is 251 g/mol. The average Bonchev–Trinajstić information content (AvgIpc) is 2.54. The normalized spacial score (nSPS) is 11.1. The van der Waals surface area contributed by atoms with Gasteiger partial charge in [-0.15, -0.1) is 0 Å². The summed E-state index contributed by atoms with van der Waals surface area (Å²) in [5.74, 6) is 0.798. The summed E-state index contributed by atoms with van der Waals surface area (Å²) in [6.07, 6.45) is 2.58. The number of aryl methyl sites for hydroxylation is 3. The van der Waals surface area contributed by atoms with Gasteiger partial charge in [-0.3, -0.25) is 4.79 Å². The molecular weight excluding hydrogens is 238 g/mol. The maximum Gasteiger partial charge on any atom is 0.153 e. The largest absolute Gasteiger partial charge is 0.319 e. The van der Waals surface area contributed by atoms with E-state index in [0.717, 1.165) is 41.7 Å². The number of fused-ring (bicyclic) bond motifs is 1. The molecule has 17 heavy (non-hydrogen) atoms. The number of hydrogen-bond donors (Lipinski definition) is 0. The summed E-state index contributed by atoms with van der Waals surface area (Å²) >= 11 is 6.10. The van der Waals surface area contributed by atoms with Crippen LogP contribution in [0.2, 0.25) is 5.15 Å². The minimum absolute atomic E-state index is 0.418. The zero-order valence-corrected chi connectivity index (χ0v) is 10.9. The van der Waals surface area contributed by atoms with Gasteiger partial charge in [-0.1, -0.05) is 18.5 Å². The first kappa shape index (κ1) is 12.0. The molecule has 0 amide bonds. The molecule has 0 saturated heterocycles. The van der Waals surface area contributed by atoms with Crippen LogP contribution in [0, 0.1) is 6.92 Å². The van der Waals surface area contributed by atoms with Crippen LogP contribution in [0.1, 0.15) is 35.2 Å². The van der Waals surface area contributed by atoms with Gasteiger partial charge in [-0.25, -0.2) is 9.97 Å². The summed E-state index contributed by atoms with van der Waals surface area (Å²) in [6.45, 7) is 3.96. The summed E-state index contributed by atoms with van der Waals surface area (Å²) in [4.78, 5) is 19.9. The predicted molar refractivity (Wildman–Crippen MR) is 67.6 cm³/mol. The Morgan fingerprint density at radius 1 is 1.41 bits per heavy atom. The number of aromatic nitrogens is 3. The lowest BCUT2D eigenvalue weighted by Crippen LogP contribution is -2.00. The molecule has 0 spiro atoms. The Morgan fingerprint density at radius 2 is 2.12 bits per heavy atom. The zero-order chi connectivity index (χ0) is 12.6. The molecule has 0 unspecified atom stereocenters. The first-order valence-corrected chi connectivity index (χ1v) is 5.94. The summed E-state index contributed by atoms with van der Waals surface area (Å²) in [5, 5.41) is 1.17. The lowest BCUT2D eigenvalue weighted by atomic mass is 10.2. The van der Waals surface area contributed by atoms with Gasteiger partial charge in [0.05, 0.1) is 16.6 Å². The van der Waals surface area contributed by atoms with Gasteiger partial charge in [0.2, 0.25) is 0 Å². The smallest absolute Gasteiger partial charge is 0.153 e. The van der Waals surface area contributed by atoms with E-state index in [1.807, 2.05) is 6.92 Å². The standard InChI is InChI=1S/C12H14ClN3O/c1-4-5-9-14-7(2)10-8(6-17)11(13)16(3)12(10)15-9/h6H,4-5H2,1-3H3. The molecule has 0 aliphatic rings. The fraction of sp³-hybridized carbons (Fsp3) is 0.417. The van der Waals surface area contributed by atoms with E-state index in [9.17, 15) is 4.79 Å². The summed E-state index contributed by atoms with van der Waals surface area (Å²) < 4.78 is 1.73. The van der Waals surface area contributed by atoms with Gasteiger partial charge in [0.1, 0.15) is 16.6 Å².